The second-order valence-electron chi connectivity index (χ2n) is 5.60. The fourth-order valence-electron chi connectivity index (χ4n) is 2.84. The molecule has 1 amide bonds. The van der Waals surface area contributed by atoms with Crippen LogP contribution in [0.15, 0.2) is 6.07 Å². The van der Waals surface area contributed by atoms with Crippen LogP contribution >= 0.6 is 11.3 Å². The van der Waals surface area contributed by atoms with E-state index in [2.05, 4.69) is 6.92 Å². The molecule has 5 heteroatoms. The number of carbonyl (C=O) groups excluding carboxylic acids is 1. The Bertz CT molecular complexity index is 524. The van der Waals surface area contributed by atoms with Crippen molar-refractivity contribution in [2.75, 3.05) is 13.1 Å². The van der Waals surface area contributed by atoms with E-state index in [1.807, 2.05) is 13.0 Å². The molecule has 21 heavy (non-hydrogen) atoms. The van der Waals surface area contributed by atoms with Crippen molar-refractivity contribution < 1.29 is 14.7 Å². The summed E-state index contributed by atoms with van der Waals surface area (Å²) in [4.78, 5) is 26.9. The number of thiophene rings is 1. The third-order valence-electron chi connectivity index (χ3n) is 4.24. The summed E-state index contributed by atoms with van der Waals surface area (Å²) in [7, 11) is 0. The van der Waals surface area contributed by atoms with E-state index in [-0.39, 0.29) is 18.9 Å². The Kier molecular flexibility index (Phi) is 5.39. The monoisotopic (exact) mass is 309 g/mol. The van der Waals surface area contributed by atoms with Crippen molar-refractivity contribution >= 4 is 23.2 Å². The van der Waals surface area contributed by atoms with Gasteiger partial charge in [0.2, 0.25) is 0 Å². The Labute approximate surface area is 129 Å². The van der Waals surface area contributed by atoms with E-state index in [1.165, 1.54) is 23.3 Å². The van der Waals surface area contributed by atoms with Crippen LogP contribution < -0.4 is 0 Å². The third-order valence-corrected chi connectivity index (χ3v) is 5.46. The molecule has 0 aliphatic heterocycles. The van der Waals surface area contributed by atoms with Gasteiger partial charge in [-0.15, -0.1) is 11.3 Å². The predicted molar refractivity (Wildman–Crippen MR) is 84.0 cm³/mol. The number of rotatable bonds is 6. The summed E-state index contributed by atoms with van der Waals surface area (Å²) in [6.45, 7) is 4.94. The lowest BCUT2D eigenvalue weighted by Crippen LogP contribution is -2.32. The highest BCUT2D eigenvalue weighted by molar-refractivity contribution is 7.14. The molecule has 1 aromatic heterocycles. The number of carboxylic acid groups (broad SMARTS) is 1. The van der Waals surface area contributed by atoms with Crippen LogP contribution in [0.2, 0.25) is 0 Å². The number of amides is 1. The van der Waals surface area contributed by atoms with E-state index >= 15 is 0 Å². The molecule has 0 radical (unpaired) electrons. The molecular formula is C16H23NO3S. The molecule has 0 spiro atoms. The van der Waals surface area contributed by atoms with Gasteiger partial charge in [0.25, 0.3) is 5.91 Å². The number of carboxylic acids is 1. The number of carbonyl (C=O) groups is 2. The minimum absolute atomic E-state index is 0.00256. The van der Waals surface area contributed by atoms with Crippen LogP contribution in [0.1, 0.15) is 53.2 Å². The van der Waals surface area contributed by atoms with Crippen LogP contribution in [-0.4, -0.2) is 35.0 Å². The molecule has 0 saturated heterocycles. The first-order valence-electron chi connectivity index (χ1n) is 7.67. The maximum Gasteiger partial charge on any atom is 0.305 e. The summed E-state index contributed by atoms with van der Waals surface area (Å²) in [5.41, 5.74) is 1.33. The van der Waals surface area contributed by atoms with Crippen molar-refractivity contribution in [2.24, 2.45) is 5.92 Å². The molecule has 2 rings (SSSR count). The topological polar surface area (TPSA) is 57.6 Å². The van der Waals surface area contributed by atoms with Crippen LogP contribution in [0.25, 0.3) is 0 Å². The fraction of sp³-hybridized carbons (Fsp3) is 0.625. The zero-order chi connectivity index (χ0) is 15.4. The zero-order valence-electron chi connectivity index (χ0n) is 12.7. The van der Waals surface area contributed by atoms with Gasteiger partial charge in [-0.05, 0) is 43.7 Å². The number of aliphatic carboxylic acids is 1. The first kappa shape index (κ1) is 16.0. The molecule has 0 aromatic carbocycles. The van der Waals surface area contributed by atoms with Crippen LogP contribution in [0.3, 0.4) is 0 Å². The molecule has 1 aromatic rings. The molecule has 0 saturated carbocycles. The summed E-state index contributed by atoms with van der Waals surface area (Å²) in [5, 5.41) is 8.76. The van der Waals surface area contributed by atoms with Gasteiger partial charge >= 0.3 is 5.97 Å². The highest BCUT2D eigenvalue weighted by Crippen LogP contribution is 2.34. The largest absolute Gasteiger partial charge is 0.481 e. The normalized spacial score (nSPS) is 17.3. The van der Waals surface area contributed by atoms with Crippen molar-refractivity contribution in [3.63, 3.8) is 0 Å². The van der Waals surface area contributed by atoms with E-state index in [0.29, 0.717) is 6.54 Å². The lowest BCUT2D eigenvalue weighted by Gasteiger charge is -2.19. The molecule has 1 atom stereocenters. The quantitative estimate of drug-likeness (QED) is 0.878. The van der Waals surface area contributed by atoms with Gasteiger partial charge in [-0.1, -0.05) is 13.3 Å². The number of nitrogens with zero attached hydrogens (tertiary/aromatic N) is 1. The maximum atomic E-state index is 12.5. The van der Waals surface area contributed by atoms with E-state index in [9.17, 15) is 9.59 Å². The van der Waals surface area contributed by atoms with Crippen LogP contribution in [0.5, 0.6) is 0 Å². The molecule has 1 N–H and O–H groups in total. The Hall–Kier alpha value is -1.36. The van der Waals surface area contributed by atoms with Gasteiger partial charge in [0.1, 0.15) is 0 Å². The highest BCUT2D eigenvalue weighted by Gasteiger charge is 2.24. The smallest absolute Gasteiger partial charge is 0.305 e. The predicted octanol–water partition coefficient (Wildman–Crippen LogP) is 3.20. The summed E-state index contributed by atoms with van der Waals surface area (Å²) in [5.74, 6) is -0.145. The first-order chi connectivity index (χ1) is 10.0. The zero-order valence-corrected chi connectivity index (χ0v) is 13.5. The second kappa shape index (κ2) is 7.07. The third kappa shape index (κ3) is 3.84. The molecule has 116 valence electrons. The van der Waals surface area contributed by atoms with Crippen molar-refractivity contribution in [1.29, 1.82) is 0 Å². The highest BCUT2D eigenvalue weighted by atomic mass is 32.1. The van der Waals surface area contributed by atoms with Crippen molar-refractivity contribution in [2.45, 2.75) is 46.0 Å². The molecule has 0 bridgehead atoms. The maximum absolute atomic E-state index is 12.5. The first-order valence-corrected chi connectivity index (χ1v) is 8.49. The summed E-state index contributed by atoms with van der Waals surface area (Å²) in [6, 6.07) is 2.04. The molecule has 1 aliphatic rings. The summed E-state index contributed by atoms with van der Waals surface area (Å²) >= 11 is 1.60. The minimum atomic E-state index is -0.863. The number of fused-ring (bicyclic) bond motifs is 1. The Morgan fingerprint density at radius 1 is 1.43 bits per heavy atom. The second-order valence-corrected chi connectivity index (χ2v) is 6.74. The van der Waals surface area contributed by atoms with Crippen molar-refractivity contribution in [1.82, 2.24) is 4.90 Å². The van der Waals surface area contributed by atoms with Gasteiger partial charge in [-0.25, -0.2) is 0 Å². The van der Waals surface area contributed by atoms with E-state index in [0.717, 1.165) is 23.6 Å². The van der Waals surface area contributed by atoms with Crippen LogP contribution in [-0.2, 0) is 17.6 Å². The fourth-order valence-corrected chi connectivity index (χ4v) is 4.02. The van der Waals surface area contributed by atoms with Gasteiger partial charge in [0, 0.05) is 18.0 Å². The summed E-state index contributed by atoms with van der Waals surface area (Å²) < 4.78 is 0. The van der Waals surface area contributed by atoms with E-state index in [4.69, 9.17) is 5.11 Å². The number of hydrogen-bond donors (Lipinski definition) is 1. The molecular weight excluding hydrogens is 286 g/mol. The van der Waals surface area contributed by atoms with Crippen molar-refractivity contribution in [3.05, 3.63) is 21.4 Å². The average molecular weight is 309 g/mol. The summed E-state index contributed by atoms with van der Waals surface area (Å²) in [6.07, 6.45) is 4.57. The van der Waals surface area contributed by atoms with Gasteiger partial charge in [0.05, 0.1) is 11.3 Å². The SMILES string of the molecule is CCC1CCc2sc(C(=O)N(CC)CCC(=O)O)cc2C1. The van der Waals surface area contributed by atoms with Gasteiger partial charge < -0.3 is 10.0 Å². The number of aryl methyl sites for hydroxylation is 1. The molecule has 1 unspecified atom stereocenters. The lowest BCUT2D eigenvalue weighted by molar-refractivity contribution is -0.137. The Balaban J connectivity index is 2.09. The lowest BCUT2D eigenvalue weighted by atomic mass is 9.87. The van der Waals surface area contributed by atoms with E-state index < -0.39 is 5.97 Å². The average Bonchev–Trinajstić information content (AvgIpc) is 2.90. The van der Waals surface area contributed by atoms with Crippen molar-refractivity contribution in [3.8, 4) is 0 Å². The Morgan fingerprint density at radius 2 is 2.19 bits per heavy atom. The standard InChI is InChI=1S/C16H23NO3S/c1-3-11-5-6-13-12(9-11)10-14(21-13)16(20)17(4-2)8-7-15(18)19/h10-11H,3-9H2,1-2H3,(H,18,19). The Morgan fingerprint density at radius 3 is 2.81 bits per heavy atom. The number of hydrogen-bond acceptors (Lipinski definition) is 3. The van der Waals surface area contributed by atoms with Gasteiger partial charge in [-0.3, -0.25) is 9.59 Å². The molecule has 4 nitrogen and oxygen atoms in total. The van der Waals surface area contributed by atoms with Gasteiger partial charge in [0.15, 0.2) is 0 Å². The molecule has 0 fully saturated rings. The minimum Gasteiger partial charge on any atom is -0.481 e. The molecule has 1 heterocycles. The molecule has 1 aliphatic carbocycles. The van der Waals surface area contributed by atoms with E-state index in [1.54, 1.807) is 16.2 Å². The van der Waals surface area contributed by atoms with Crippen LogP contribution in [0.4, 0.5) is 0 Å². The van der Waals surface area contributed by atoms with Crippen LogP contribution in [0, 0.1) is 5.92 Å². The van der Waals surface area contributed by atoms with Gasteiger partial charge in [-0.2, -0.15) is 0 Å².